The van der Waals surface area contributed by atoms with E-state index >= 15 is 0 Å². The predicted molar refractivity (Wildman–Crippen MR) is 85.6 cm³/mol. The third-order valence-corrected chi connectivity index (χ3v) is 3.04. The Morgan fingerprint density at radius 2 is 1.81 bits per heavy atom. The monoisotopic (exact) mass is 286 g/mol. The van der Waals surface area contributed by atoms with Crippen molar-refractivity contribution < 1.29 is 4.74 Å². The first-order chi connectivity index (χ1) is 10.2. The molecule has 1 heterocycles. The summed E-state index contributed by atoms with van der Waals surface area (Å²) in [6, 6.07) is 10.4. The first-order valence-corrected chi connectivity index (χ1v) is 7.05. The fraction of sp³-hybridized carbons (Fsp3) is 0.375. The summed E-state index contributed by atoms with van der Waals surface area (Å²) in [5, 5.41) is 6.47. The fourth-order valence-electron chi connectivity index (χ4n) is 1.90. The maximum absolute atomic E-state index is 5.01. The lowest BCUT2D eigenvalue weighted by atomic mass is 10.1. The molecule has 2 aromatic rings. The van der Waals surface area contributed by atoms with Crippen molar-refractivity contribution in [2.24, 2.45) is 0 Å². The Hall–Kier alpha value is -2.14. The van der Waals surface area contributed by atoms with Crippen molar-refractivity contribution >= 4 is 11.8 Å². The van der Waals surface area contributed by atoms with E-state index in [-0.39, 0.29) is 0 Å². The van der Waals surface area contributed by atoms with Crippen LogP contribution in [-0.2, 0) is 11.3 Å². The number of ether oxygens (including phenoxy) is 1. The molecular formula is C16H22N4O. The van der Waals surface area contributed by atoms with E-state index in [1.807, 2.05) is 13.0 Å². The Labute approximate surface area is 125 Å². The summed E-state index contributed by atoms with van der Waals surface area (Å²) in [6.45, 7) is 6.11. The van der Waals surface area contributed by atoms with Gasteiger partial charge in [-0.25, -0.2) is 4.98 Å². The second-order valence-electron chi connectivity index (χ2n) is 4.98. The molecule has 1 aromatic carbocycles. The molecule has 5 heteroatoms. The lowest BCUT2D eigenvalue weighted by Gasteiger charge is -2.10. The third-order valence-electron chi connectivity index (χ3n) is 3.04. The van der Waals surface area contributed by atoms with Crippen LogP contribution in [0.25, 0.3) is 0 Å². The number of nitrogens with zero attached hydrogens (tertiary/aromatic N) is 2. The van der Waals surface area contributed by atoms with Gasteiger partial charge in [-0.3, -0.25) is 0 Å². The van der Waals surface area contributed by atoms with E-state index in [0.717, 1.165) is 18.1 Å². The molecule has 2 rings (SSSR count). The van der Waals surface area contributed by atoms with Crippen molar-refractivity contribution in [2.75, 3.05) is 30.9 Å². The summed E-state index contributed by atoms with van der Waals surface area (Å²) in [5.41, 5.74) is 3.42. The van der Waals surface area contributed by atoms with Crippen LogP contribution in [0.15, 0.2) is 30.3 Å². The number of nitrogens with one attached hydrogen (secondary N) is 2. The smallest absolute Gasteiger partial charge is 0.224 e. The van der Waals surface area contributed by atoms with Gasteiger partial charge in [0.15, 0.2) is 0 Å². The van der Waals surface area contributed by atoms with Gasteiger partial charge >= 0.3 is 0 Å². The van der Waals surface area contributed by atoms with E-state index in [0.29, 0.717) is 19.1 Å². The molecule has 0 unspecified atom stereocenters. The SMILES string of the molecule is COCCNc1nc(C)cc(NCc2ccc(C)cc2)n1. The van der Waals surface area contributed by atoms with Crippen molar-refractivity contribution in [1.29, 1.82) is 0 Å². The van der Waals surface area contributed by atoms with Crippen molar-refractivity contribution in [3.05, 3.63) is 47.2 Å². The molecule has 0 amide bonds. The van der Waals surface area contributed by atoms with Crippen molar-refractivity contribution in [1.82, 2.24) is 9.97 Å². The summed E-state index contributed by atoms with van der Waals surface area (Å²) in [4.78, 5) is 8.80. The van der Waals surface area contributed by atoms with E-state index in [4.69, 9.17) is 4.74 Å². The van der Waals surface area contributed by atoms with Gasteiger partial charge in [-0.15, -0.1) is 0 Å². The molecule has 0 atom stereocenters. The van der Waals surface area contributed by atoms with Crippen LogP contribution in [0.5, 0.6) is 0 Å². The zero-order valence-corrected chi connectivity index (χ0v) is 12.8. The molecule has 112 valence electrons. The molecule has 0 bridgehead atoms. The minimum absolute atomic E-state index is 0.624. The van der Waals surface area contributed by atoms with Crippen LogP contribution in [-0.4, -0.2) is 30.2 Å². The van der Waals surface area contributed by atoms with E-state index in [2.05, 4.69) is 51.8 Å². The lowest BCUT2D eigenvalue weighted by molar-refractivity contribution is 0.210. The summed E-state index contributed by atoms with van der Waals surface area (Å²) in [5.74, 6) is 1.45. The molecular weight excluding hydrogens is 264 g/mol. The largest absolute Gasteiger partial charge is 0.383 e. The molecule has 0 aliphatic rings. The molecule has 21 heavy (non-hydrogen) atoms. The van der Waals surface area contributed by atoms with Gasteiger partial charge in [-0.2, -0.15) is 4.98 Å². The van der Waals surface area contributed by atoms with E-state index < -0.39 is 0 Å². The molecule has 5 nitrogen and oxygen atoms in total. The van der Waals surface area contributed by atoms with E-state index in [9.17, 15) is 0 Å². The highest BCUT2D eigenvalue weighted by molar-refractivity contribution is 5.42. The van der Waals surface area contributed by atoms with Gasteiger partial charge in [-0.05, 0) is 19.4 Å². The quantitative estimate of drug-likeness (QED) is 0.766. The van der Waals surface area contributed by atoms with E-state index in [1.54, 1.807) is 7.11 Å². The molecule has 0 spiro atoms. The first-order valence-electron chi connectivity index (χ1n) is 7.05. The van der Waals surface area contributed by atoms with Crippen LogP contribution in [0.3, 0.4) is 0 Å². The van der Waals surface area contributed by atoms with Crippen molar-refractivity contribution in [3.8, 4) is 0 Å². The van der Waals surface area contributed by atoms with Crippen LogP contribution < -0.4 is 10.6 Å². The zero-order valence-electron chi connectivity index (χ0n) is 12.8. The number of aryl methyl sites for hydroxylation is 2. The van der Waals surface area contributed by atoms with Crippen LogP contribution in [0.1, 0.15) is 16.8 Å². The van der Waals surface area contributed by atoms with Gasteiger partial charge in [-0.1, -0.05) is 29.8 Å². The Morgan fingerprint density at radius 1 is 1.05 bits per heavy atom. The number of methoxy groups -OCH3 is 1. The topological polar surface area (TPSA) is 59.1 Å². The maximum atomic E-state index is 5.01. The number of anilines is 2. The summed E-state index contributed by atoms with van der Waals surface area (Å²) < 4.78 is 5.01. The highest BCUT2D eigenvalue weighted by atomic mass is 16.5. The highest BCUT2D eigenvalue weighted by Gasteiger charge is 2.02. The van der Waals surface area contributed by atoms with Gasteiger partial charge in [0, 0.05) is 32.0 Å². The van der Waals surface area contributed by atoms with Crippen LogP contribution >= 0.6 is 0 Å². The van der Waals surface area contributed by atoms with Gasteiger partial charge in [0.1, 0.15) is 5.82 Å². The number of rotatable bonds is 7. The number of hydrogen-bond donors (Lipinski definition) is 2. The van der Waals surface area contributed by atoms with Gasteiger partial charge < -0.3 is 15.4 Å². The molecule has 0 radical (unpaired) electrons. The molecule has 0 saturated carbocycles. The fourth-order valence-corrected chi connectivity index (χ4v) is 1.90. The minimum atomic E-state index is 0.624. The normalized spacial score (nSPS) is 10.4. The summed E-state index contributed by atoms with van der Waals surface area (Å²) in [6.07, 6.45) is 0. The first kappa shape index (κ1) is 15.3. The molecule has 0 aliphatic heterocycles. The van der Waals surface area contributed by atoms with Gasteiger partial charge in [0.25, 0.3) is 0 Å². The van der Waals surface area contributed by atoms with E-state index in [1.165, 1.54) is 11.1 Å². The average molecular weight is 286 g/mol. The Balaban J connectivity index is 1.97. The number of aromatic nitrogens is 2. The third kappa shape index (κ3) is 5.04. The van der Waals surface area contributed by atoms with Crippen LogP contribution in [0.4, 0.5) is 11.8 Å². The van der Waals surface area contributed by atoms with Crippen molar-refractivity contribution in [3.63, 3.8) is 0 Å². The van der Waals surface area contributed by atoms with Gasteiger partial charge in [0.05, 0.1) is 6.61 Å². The van der Waals surface area contributed by atoms with Crippen LogP contribution in [0.2, 0.25) is 0 Å². The van der Waals surface area contributed by atoms with Gasteiger partial charge in [0.2, 0.25) is 5.95 Å². The summed E-state index contributed by atoms with van der Waals surface area (Å²) in [7, 11) is 1.67. The minimum Gasteiger partial charge on any atom is -0.383 e. The second kappa shape index (κ2) is 7.59. The lowest BCUT2D eigenvalue weighted by Crippen LogP contribution is -2.12. The maximum Gasteiger partial charge on any atom is 0.224 e. The molecule has 0 fully saturated rings. The van der Waals surface area contributed by atoms with Crippen molar-refractivity contribution in [2.45, 2.75) is 20.4 Å². The Morgan fingerprint density at radius 3 is 2.52 bits per heavy atom. The molecule has 0 aliphatic carbocycles. The number of benzene rings is 1. The molecule has 1 aromatic heterocycles. The molecule has 0 saturated heterocycles. The number of hydrogen-bond acceptors (Lipinski definition) is 5. The zero-order chi connectivity index (χ0) is 15.1. The second-order valence-corrected chi connectivity index (χ2v) is 4.98. The van der Waals surface area contributed by atoms with Crippen LogP contribution in [0, 0.1) is 13.8 Å². The molecule has 2 N–H and O–H groups in total. The predicted octanol–water partition coefficient (Wildman–Crippen LogP) is 2.76. The standard InChI is InChI=1S/C16H22N4O/c1-12-4-6-14(7-5-12)11-18-15-10-13(2)19-16(20-15)17-8-9-21-3/h4-7,10H,8-9,11H2,1-3H3,(H2,17,18,19,20). The average Bonchev–Trinajstić information content (AvgIpc) is 2.46. The highest BCUT2D eigenvalue weighted by Crippen LogP contribution is 2.11. The Kier molecular flexibility index (Phi) is 5.51. The Bertz CT molecular complexity index is 569. The summed E-state index contributed by atoms with van der Waals surface area (Å²) >= 11 is 0.